The van der Waals surface area contributed by atoms with Crippen LogP contribution in [0.1, 0.15) is 34.1 Å². The van der Waals surface area contributed by atoms with Crippen LogP contribution in [-0.4, -0.2) is 37.5 Å². The third kappa shape index (κ3) is 6.94. The highest BCUT2D eigenvalue weighted by Gasteiger charge is 2.18. The molecule has 0 saturated carbocycles. The van der Waals surface area contributed by atoms with Crippen LogP contribution in [0.3, 0.4) is 0 Å². The van der Waals surface area contributed by atoms with Gasteiger partial charge in [0.2, 0.25) is 11.8 Å². The first kappa shape index (κ1) is 15.9. The highest BCUT2D eigenvalue weighted by molar-refractivity contribution is 5.84. The van der Waals surface area contributed by atoms with Crippen molar-refractivity contribution in [2.24, 2.45) is 5.92 Å². The number of carbonyl (C=O) groups excluding carboxylic acids is 2. The van der Waals surface area contributed by atoms with Gasteiger partial charge in [0.1, 0.15) is 0 Å². The Balaban J connectivity index is 3.93. The molecule has 5 heteroatoms. The molecule has 100 valence electrons. The van der Waals surface area contributed by atoms with E-state index < -0.39 is 0 Å². The van der Waals surface area contributed by atoms with Crippen LogP contribution in [-0.2, 0) is 9.59 Å². The maximum absolute atomic E-state index is 11.7. The molecule has 2 atom stereocenters. The Morgan fingerprint density at radius 2 is 1.53 bits per heavy atom. The molecule has 0 fully saturated rings. The Morgan fingerprint density at radius 3 is 2.00 bits per heavy atom. The topological polar surface area (TPSA) is 70.2 Å². The molecule has 0 aromatic rings. The fourth-order valence-corrected chi connectivity index (χ4v) is 1.38. The maximum Gasteiger partial charge on any atom is 0.236 e. The summed E-state index contributed by atoms with van der Waals surface area (Å²) in [5.41, 5.74) is 0. The van der Waals surface area contributed by atoms with Crippen LogP contribution < -0.4 is 16.0 Å². The summed E-state index contributed by atoms with van der Waals surface area (Å²) in [6, 6.07) is -0.736. The van der Waals surface area contributed by atoms with E-state index in [1.165, 1.54) is 0 Å². The van der Waals surface area contributed by atoms with Crippen molar-refractivity contribution in [3.8, 4) is 0 Å². The summed E-state index contributed by atoms with van der Waals surface area (Å²) in [7, 11) is 1.58. The first-order chi connectivity index (χ1) is 7.88. The van der Waals surface area contributed by atoms with Crippen LogP contribution in [0.5, 0.6) is 0 Å². The van der Waals surface area contributed by atoms with Gasteiger partial charge in [-0.25, -0.2) is 0 Å². The zero-order valence-electron chi connectivity index (χ0n) is 11.5. The SMILES string of the molecule is CNC(=O)C(C)NC(C)C(=O)NCCC(C)C. The van der Waals surface area contributed by atoms with E-state index >= 15 is 0 Å². The van der Waals surface area contributed by atoms with Crippen molar-refractivity contribution in [2.75, 3.05) is 13.6 Å². The number of likely N-dealkylation sites (N-methyl/N-ethyl adjacent to an activating group) is 1. The average Bonchev–Trinajstić information content (AvgIpc) is 2.26. The van der Waals surface area contributed by atoms with Gasteiger partial charge in [0.05, 0.1) is 12.1 Å². The number of carbonyl (C=O) groups is 2. The maximum atomic E-state index is 11.7. The molecule has 0 saturated heterocycles. The van der Waals surface area contributed by atoms with Crippen LogP contribution >= 0.6 is 0 Å². The lowest BCUT2D eigenvalue weighted by atomic mass is 10.1. The highest BCUT2D eigenvalue weighted by Crippen LogP contribution is 1.96. The van der Waals surface area contributed by atoms with E-state index in [1.807, 2.05) is 0 Å². The van der Waals surface area contributed by atoms with E-state index in [0.717, 1.165) is 6.42 Å². The molecular weight excluding hydrogens is 218 g/mol. The van der Waals surface area contributed by atoms with Crippen LogP contribution in [0, 0.1) is 5.92 Å². The van der Waals surface area contributed by atoms with E-state index in [4.69, 9.17) is 0 Å². The molecule has 0 radical (unpaired) electrons. The van der Waals surface area contributed by atoms with Gasteiger partial charge < -0.3 is 10.6 Å². The van der Waals surface area contributed by atoms with Gasteiger partial charge in [0.15, 0.2) is 0 Å². The van der Waals surface area contributed by atoms with E-state index in [2.05, 4.69) is 29.8 Å². The number of hydrogen-bond acceptors (Lipinski definition) is 3. The van der Waals surface area contributed by atoms with Gasteiger partial charge in [-0.05, 0) is 26.2 Å². The van der Waals surface area contributed by atoms with E-state index in [9.17, 15) is 9.59 Å². The molecule has 0 heterocycles. The standard InChI is InChI=1S/C12H25N3O2/c1-8(2)6-7-14-12(17)10(4)15-9(3)11(16)13-5/h8-10,15H,6-7H2,1-5H3,(H,13,16)(H,14,17). The highest BCUT2D eigenvalue weighted by atomic mass is 16.2. The second-order valence-corrected chi connectivity index (χ2v) is 4.70. The Hall–Kier alpha value is -1.10. The Kier molecular flexibility index (Phi) is 7.54. The second-order valence-electron chi connectivity index (χ2n) is 4.70. The Bertz CT molecular complexity index is 254. The Labute approximate surface area is 104 Å². The molecule has 2 amide bonds. The van der Waals surface area contributed by atoms with Crippen molar-refractivity contribution in [3.05, 3.63) is 0 Å². The summed E-state index contributed by atoms with van der Waals surface area (Å²) >= 11 is 0. The smallest absolute Gasteiger partial charge is 0.236 e. The monoisotopic (exact) mass is 243 g/mol. The van der Waals surface area contributed by atoms with Crippen LogP contribution in [0.25, 0.3) is 0 Å². The van der Waals surface area contributed by atoms with Crippen molar-refractivity contribution in [1.82, 2.24) is 16.0 Å². The van der Waals surface area contributed by atoms with E-state index in [0.29, 0.717) is 12.5 Å². The van der Waals surface area contributed by atoms with Gasteiger partial charge >= 0.3 is 0 Å². The van der Waals surface area contributed by atoms with Gasteiger partial charge in [0, 0.05) is 13.6 Å². The van der Waals surface area contributed by atoms with Crippen molar-refractivity contribution >= 4 is 11.8 Å². The molecule has 0 aromatic carbocycles. The lowest BCUT2D eigenvalue weighted by molar-refractivity contribution is -0.124. The fourth-order valence-electron chi connectivity index (χ4n) is 1.38. The summed E-state index contributed by atoms with van der Waals surface area (Å²) < 4.78 is 0. The van der Waals surface area contributed by atoms with Crippen LogP contribution in [0.15, 0.2) is 0 Å². The molecule has 0 aliphatic rings. The summed E-state index contributed by atoms with van der Waals surface area (Å²) in [5.74, 6) is 0.386. The minimum Gasteiger partial charge on any atom is -0.358 e. The quantitative estimate of drug-likeness (QED) is 0.601. The minimum atomic E-state index is -0.370. The zero-order valence-corrected chi connectivity index (χ0v) is 11.5. The molecule has 0 spiro atoms. The molecule has 0 aliphatic heterocycles. The second kappa shape index (κ2) is 8.06. The van der Waals surface area contributed by atoms with Gasteiger partial charge in [-0.3, -0.25) is 14.9 Å². The van der Waals surface area contributed by atoms with Crippen molar-refractivity contribution < 1.29 is 9.59 Å². The molecule has 0 rings (SSSR count). The van der Waals surface area contributed by atoms with Gasteiger partial charge in [0.25, 0.3) is 0 Å². The first-order valence-electron chi connectivity index (χ1n) is 6.13. The Morgan fingerprint density at radius 1 is 1.00 bits per heavy atom. The minimum absolute atomic E-state index is 0.0681. The average molecular weight is 243 g/mol. The van der Waals surface area contributed by atoms with Gasteiger partial charge in [-0.2, -0.15) is 0 Å². The third-order valence-corrected chi connectivity index (χ3v) is 2.55. The van der Waals surface area contributed by atoms with Crippen molar-refractivity contribution in [1.29, 1.82) is 0 Å². The largest absolute Gasteiger partial charge is 0.358 e. The molecule has 3 N–H and O–H groups in total. The van der Waals surface area contributed by atoms with Gasteiger partial charge in [-0.15, -0.1) is 0 Å². The molecule has 0 bridgehead atoms. The van der Waals surface area contributed by atoms with Crippen LogP contribution in [0.2, 0.25) is 0 Å². The predicted octanol–water partition coefficient (Wildman–Crippen LogP) is 0.261. The van der Waals surface area contributed by atoms with E-state index in [-0.39, 0.29) is 23.9 Å². The van der Waals surface area contributed by atoms with E-state index in [1.54, 1.807) is 20.9 Å². The summed E-state index contributed by atoms with van der Waals surface area (Å²) in [6.07, 6.45) is 0.962. The molecular formula is C12H25N3O2. The van der Waals surface area contributed by atoms with Crippen LogP contribution in [0.4, 0.5) is 0 Å². The summed E-state index contributed by atoms with van der Waals surface area (Å²) in [6.45, 7) is 8.39. The lowest BCUT2D eigenvalue weighted by Crippen LogP contribution is -2.50. The molecule has 0 aliphatic carbocycles. The zero-order chi connectivity index (χ0) is 13.4. The number of nitrogens with one attached hydrogen (secondary N) is 3. The van der Waals surface area contributed by atoms with Crippen molar-refractivity contribution in [2.45, 2.75) is 46.2 Å². The molecule has 5 nitrogen and oxygen atoms in total. The number of amides is 2. The summed E-state index contributed by atoms with van der Waals surface area (Å²) in [4.78, 5) is 22.9. The normalized spacial score (nSPS) is 14.2. The predicted molar refractivity (Wildman–Crippen MR) is 68.6 cm³/mol. The molecule has 2 unspecified atom stereocenters. The fraction of sp³-hybridized carbons (Fsp3) is 0.833. The molecule has 0 aromatic heterocycles. The lowest BCUT2D eigenvalue weighted by Gasteiger charge is -2.18. The third-order valence-electron chi connectivity index (χ3n) is 2.55. The summed E-state index contributed by atoms with van der Waals surface area (Å²) in [5, 5.41) is 8.32. The number of rotatable bonds is 7. The van der Waals surface area contributed by atoms with Gasteiger partial charge in [-0.1, -0.05) is 13.8 Å². The molecule has 17 heavy (non-hydrogen) atoms. The van der Waals surface area contributed by atoms with Crippen molar-refractivity contribution in [3.63, 3.8) is 0 Å². The first-order valence-corrected chi connectivity index (χ1v) is 6.13. The number of hydrogen-bond donors (Lipinski definition) is 3.